The van der Waals surface area contributed by atoms with E-state index in [2.05, 4.69) is 21.2 Å². The lowest BCUT2D eigenvalue weighted by Gasteiger charge is -2.00. The summed E-state index contributed by atoms with van der Waals surface area (Å²) in [5.74, 6) is 1.07. The predicted octanol–water partition coefficient (Wildman–Crippen LogP) is 2.31. The summed E-state index contributed by atoms with van der Waals surface area (Å²) >= 11 is 5.27. The molecule has 2 aromatic heterocycles. The van der Waals surface area contributed by atoms with E-state index in [0.29, 0.717) is 28.6 Å². The van der Waals surface area contributed by atoms with Gasteiger partial charge in [0.25, 0.3) is 0 Å². The molecule has 0 aliphatic rings. The van der Waals surface area contributed by atoms with Crippen molar-refractivity contribution < 1.29 is 4.52 Å². The van der Waals surface area contributed by atoms with Gasteiger partial charge in [0.2, 0.25) is 5.89 Å². The molecule has 0 radical (unpaired) electrons. The lowest BCUT2D eigenvalue weighted by atomic mass is 10.2. The van der Waals surface area contributed by atoms with Gasteiger partial charge in [0.15, 0.2) is 10.6 Å². The Morgan fingerprint density at radius 3 is 3.05 bits per heavy atom. The number of aryl methyl sites for hydroxylation is 1. The van der Waals surface area contributed by atoms with Crippen LogP contribution in [-0.4, -0.2) is 19.7 Å². The number of aromatic amines is 1. The van der Waals surface area contributed by atoms with E-state index in [0.717, 1.165) is 11.0 Å². The van der Waals surface area contributed by atoms with Gasteiger partial charge in [-0.2, -0.15) is 10.2 Å². The number of rotatable bonds is 2. The zero-order chi connectivity index (χ0) is 13.4. The van der Waals surface area contributed by atoms with Gasteiger partial charge in [-0.15, -0.1) is 0 Å². The second-order valence-electron chi connectivity index (χ2n) is 4.06. The van der Waals surface area contributed by atoms with Crippen molar-refractivity contribution in [3.05, 3.63) is 40.2 Å². The second kappa shape index (κ2) is 4.33. The van der Waals surface area contributed by atoms with E-state index in [1.165, 1.54) is 0 Å². The van der Waals surface area contributed by atoms with Gasteiger partial charge in [-0.3, -0.25) is 0 Å². The first kappa shape index (κ1) is 11.6. The molecule has 1 N–H and O–H groups in total. The molecule has 0 aliphatic heterocycles. The lowest BCUT2D eigenvalue weighted by Crippen LogP contribution is -2.00. The molecule has 7 heteroatoms. The van der Waals surface area contributed by atoms with Crippen LogP contribution < -0.4 is 0 Å². The number of benzene rings is 1. The van der Waals surface area contributed by atoms with Gasteiger partial charge in [0.1, 0.15) is 12.6 Å². The highest BCUT2D eigenvalue weighted by molar-refractivity contribution is 7.71. The number of nitriles is 1. The second-order valence-corrected chi connectivity index (χ2v) is 4.45. The van der Waals surface area contributed by atoms with Crippen molar-refractivity contribution in [2.75, 3.05) is 0 Å². The largest absolute Gasteiger partial charge is 0.337 e. The summed E-state index contributed by atoms with van der Waals surface area (Å²) in [7, 11) is 0. The van der Waals surface area contributed by atoms with Gasteiger partial charge < -0.3 is 14.1 Å². The molecule has 0 unspecified atom stereocenters. The third-order valence-electron chi connectivity index (χ3n) is 2.79. The summed E-state index contributed by atoms with van der Waals surface area (Å²) in [6, 6.07) is 7.59. The van der Waals surface area contributed by atoms with E-state index in [1.54, 1.807) is 13.0 Å². The number of nitrogens with zero attached hydrogens (tertiary/aromatic N) is 4. The molecule has 0 spiro atoms. The van der Waals surface area contributed by atoms with E-state index in [-0.39, 0.29) is 0 Å². The normalized spacial score (nSPS) is 10.7. The molecule has 6 nitrogen and oxygen atoms in total. The first-order chi connectivity index (χ1) is 9.19. The Morgan fingerprint density at radius 1 is 1.53 bits per heavy atom. The quantitative estimate of drug-likeness (QED) is 0.723. The number of para-hydroxylation sites is 1. The molecule has 0 atom stereocenters. The van der Waals surface area contributed by atoms with Crippen LogP contribution in [0.25, 0.3) is 11.0 Å². The van der Waals surface area contributed by atoms with Crippen molar-refractivity contribution in [2.45, 2.75) is 13.5 Å². The molecule has 3 rings (SSSR count). The molecule has 2 heterocycles. The van der Waals surface area contributed by atoms with Crippen molar-refractivity contribution in [3.63, 3.8) is 0 Å². The monoisotopic (exact) mass is 271 g/mol. The van der Waals surface area contributed by atoms with Gasteiger partial charge in [0, 0.05) is 0 Å². The van der Waals surface area contributed by atoms with E-state index < -0.39 is 0 Å². The van der Waals surface area contributed by atoms with E-state index in [1.807, 2.05) is 16.7 Å². The molecule has 3 aromatic rings. The molecule has 0 aliphatic carbocycles. The Kier molecular flexibility index (Phi) is 2.65. The molecule has 0 saturated carbocycles. The fourth-order valence-corrected chi connectivity index (χ4v) is 2.23. The summed E-state index contributed by atoms with van der Waals surface area (Å²) in [6.07, 6.45) is 0. The van der Waals surface area contributed by atoms with E-state index >= 15 is 0 Å². The minimum atomic E-state index is 0.383. The first-order valence-electron chi connectivity index (χ1n) is 5.60. The van der Waals surface area contributed by atoms with Crippen molar-refractivity contribution in [3.8, 4) is 6.07 Å². The Bertz CT molecular complexity index is 851. The van der Waals surface area contributed by atoms with Gasteiger partial charge in [-0.05, 0) is 31.3 Å². The van der Waals surface area contributed by atoms with Crippen LogP contribution in [0.2, 0.25) is 0 Å². The van der Waals surface area contributed by atoms with Crippen LogP contribution >= 0.6 is 12.2 Å². The van der Waals surface area contributed by atoms with Crippen molar-refractivity contribution in [1.82, 2.24) is 19.7 Å². The fourth-order valence-electron chi connectivity index (χ4n) is 1.97. The number of fused-ring (bicyclic) bond motifs is 1. The maximum Gasteiger partial charge on any atom is 0.246 e. The predicted molar refractivity (Wildman–Crippen MR) is 70.0 cm³/mol. The molecule has 0 fully saturated rings. The number of H-pyrrole nitrogens is 1. The van der Waals surface area contributed by atoms with Gasteiger partial charge >= 0.3 is 0 Å². The highest BCUT2D eigenvalue weighted by Crippen LogP contribution is 2.18. The molecule has 0 saturated heterocycles. The smallest absolute Gasteiger partial charge is 0.246 e. The number of nitrogens with one attached hydrogen (secondary N) is 1. The highest BCUT2D eigenvalue weighted by Gasteiger charge is 2.11. The van der Waals surface area contributed by atoms with E-state index in [4.69, 9.17) is 22.0 Å². The Hall–Kier alpha value is -2.46. The molecule has 94 valence electrons. The average Bonchev–Trinajstić information content (AvgIpc) is 2.94. The highest BCUT2D eigenvalue weighted by atomic mass is 32.1. The van der Waals surface area contributed by atoms with Gasteiger partial charge in [-0.1, -0.05) is 11.2 Å². The molecule has 0 amide bonds. The van der Waals surface area contributed by atoms with Crippen LogP contribution in [0.15, 0.2) is 22.7 Å². The topological polar surface area (TPSA) is 83.4 Å². The zero-order valence-corrected chi connectivity index (χ0v) is 10.9. The number of imidazole rings is 1. The Labute approximate surface area is 113 Å². The van der Waals surface area contributed by atoms with Gasteiger partial charge in [-0.25, -0.2) is 0 Å². The van der Waals surface area contributed by atoms with E-state index in [9.17, 15) is 0 Å². The summed E-state index contributed by atoms with van der Waals surface area (Å²) in [4.78, 5) is 7.19. The maximum atomic E-state index is 9.07. The number of hydrogen-bond donors (Lipinski definition) is 1. The van der Waals surface area contributed by atoms with Crippen LogP contribution in [0.5, 0.6) is 0 Å². The fraction of sp³-hybridized carbons (Fsp3) is 0.167. The SMILES string of the molecule is Cc1noc(Cn2c(=S)[nH]c3c(C#N)cccc32)n1. The van der Waals surface area contributed by atoms with Gasteiger partial charge in [0.05, 0.1) is 16.6 Å². The van der Waals surface area contributed by atoms with Crippen LogP contribution in [0.4, 0.5) is 0 Å². The standard InChI is InChI=1S/C12H9N5OS/c1-7-14-10(18-16-7)6-17-9-4-2-3-8(5-13)11(9)15-12(17)19/h2-4H,6H2,1H3,(H,15,19). The van der Waals surface area contributed by atoms with Crippen LogP contribution in [0.3, 0.4) is 0 Å². The minimum Gasteiger partial charge on any atom is -0.337 e. The third kappa shape index (κ3) is 1.92. The van der Waals surface area contributed by atoms with Crippen molar-refractivity contribution in [1.29, 1.82) is 5.26 Å². The number of aromatic nitrogens is 4. The molecular weight excluding hydrogens is 262 g/mol. The summed E-state index contributed by atoms with van der Waals surface area (Å²) in [5.41, 5.74) is 2.13. The summed E-state index contributed by atoms with van der Waals surface area (Å²) < 4.78 is 7.44. The Morgan fingerprint density at radius 2 is 2.37 bits per heavy atom. The molecule has 0 bridgehead atoms. The first-order valence-corrected chi connectivity index (χ1v) is 6.00. The third-order valence-corrected chi connectivity index (χ3v) is 3.12. The van der Waals surface area contributed by atoms with Crippen LogP contribution in [0, 0.1) is 23.0 Å². The minimum absolute atomic E-state index is 0.383. The Balaban J connectivity index is 2.17. The summed E-state index contributed by atoms with van der Waals surface area (Å²) in [5, 5.41) is 12.8. The summed E-state index contributed by atoms with van der Waals surface area (Å²) in [6.45, 7) is 2.14. The maximum absolute atomic E-state index is 9.07. The van der Waals surface area contributed by atoms with Crippen LogP contribution in [-0.2, 0) is 6.54 Å². The molecule has 19 heavy (non-hydrogen) atoms. The van der Waals surface area contributed by atoms with Crippen molar-refractivity contribution in [2.24, 2.45) is 0 Å². The van der Waals surface area contributed by atoms with Crippen molar-refractivity contribution >= 4 is 23.3 Å². The van der Waals surface area contributed by atoms with Crippen LogP contribution in [0.1, 0.15) is 17.3 Å². The molecular formula is C12H9N5OS. The zero-order valence-electron chi connectivity index (χ0n) is 10.0. The number of hydrogen-bond acceptors (Lipinski definition) is 5. The lowest BCUT2D eigenvalue weighted by molar-refractivity contribution is 0.368. The average molecular weight is 271 g/mol. The molecule has 1 aromatic carbocycles.